The molecule has 1 aromatic carbocycles. The van der Waals surface area contributed by atoms with Crippen LogP contribution in [-0.4, -0.2) is 47.5 Å². The summed E-state index contributed by atoms with van der Waals surface area (Å²) in [5.41, 5.74) is -1.35. The Labute approximate surface area is 163 Å². The minimum Gasteiger partial charge on any atom is -0.496 e. The highest BCUT2D eigenvalue weighted by molar-refractivity contribution is 5.95. The molecule has 0 unspecified atom stereocenters. The van der Waals surface area contributed by atoms with Gasteiger partial charge in [0.2, 0.25) is 0 Å². The van der Waals surface area contributed by atoms with Crippen LogP contribution >= 0.6 is 0 Å². The summed E-state index contributed by atoms with van der Waals surface area (Å²) >= 11 is 0. The van der Waals surface area contributed by atoms with Crippen molar-refractivity contribution in [1.82, 2.24) is 4.90 Å². The predicted molar refractivity (Wildman–Crippen MR) is 98.7 cm³/mol. The van der Waals surface area contributed by atoms with Crippen molar-refractivity contribution in [2.75, 3.05) is 14.2 Å². The molecule has 0 aliphatic heterocycles. The first-order valence-corrected chi connectivity index (χ1v) is 8.98. The summed E-state index contributed by atoms with van der Waals surface area (Å²) in [5, 5.41) is 20.6. The molecule has 0 radical (unpaired) electrons. The van der Waals surface area contributed by atoms with Gasteiger partial charge in [-0.1, -0.05) is 19.3 Å². The number of ether oxygens (including phenoxy) is 2. The second-order valence-electron chi connectivity index (χ2n) is 6.79. The summed E-state index contributed by atoms with van der Waals surface area (Å²) in [5.74, 6) is -1.31. The van der Waals surface area contributed by atoms with E-state index in [2.05, 4.69) is 6.07 Å². The lowest BCUT2D eigenvalue weighted by atomic mass is 9.81. The fraction of sp³-hybridized carbons (Fsp3) is 0.526. The number of nitro groups is 1. The number of hydrogen-bond acceptors (Lipinski definition) is 7. The van der Waals surface area contributed by atoms with Gasteiger partial charge in [-0.15, -0.1) is 0 Å². The van der Waals surface area contributed by atoms with Crippen molar-refractivity contribution in [2.24, 2.45) is 0 Å². The molecule has 0 heterocycles. The zero-order valence-corrected chi connectivity index (χ0v) is 16.1. The Balaban J connectivity index is 2.17. The van der Waals surface area contributed by atoms with Gasteiger partial charge in [0.15, 0.2) is 6.10 Å². The van der Waals surface area contributed by atoms with Gasteiger partial charge in [-0.25, -0.2) is 4.79 Å². The first-order valence-electron chi connectivity index (χ1n) is 8.98. The van der Waals surface area contributed by atoms with Gasteiger partial charge in [-0.2, -0.15) is 5.26 Å². The monoisotopic (exact) mass is 389 g/mol. The second kappa shape index (κ2) is 8.69. The van der Waals surface area contributed by atoms with Gasteiger partial charge in [0.25, 0.3) is 11.6 Å². The molecular weight excluding hydrogens is 366 g/mol. The number of carbonyl (C=O) groups is 2. The lowest BCUT2D eigenvalue weighted by Gasteiger charge is -2.39. The zero-order valence-electron chi connectivity index (χ0n) is 16.1. The Morgan fingerprint density at radius 2 is 1.96 bits per heavy atom. The summed E-state index contributed by atoms with van der Waals surface area (Å²) < 4.78 is 10.3. The van der Waals surface area contributed by atoms with Crippen LogP contribution in [0.4, 0.5) is 5.69 Å². The van der Waals surface area contributed by atoms with Gasteiger partial charge in [0, 0.05) is 19.2 Å². The highest BCUT2D eigenvalue weighted by atomic mass is 16.6. The normalized spacial score (nSPS) is 16.4. The number of carbonyl (C=O) groups excluding carboxylic acids is 2. The van der Waals surface area contributed by atoms with E-state index in [-0.39, 0.29) is 17.0 Å². The molecule has 1 saturated carbocycles. The number of nitrogens with zero attached hydrogens (tertiary/aromatic N) is 3. The molecule has 1 aliphatic carbocycles. The second-order valence-corrected chi connectivity index (χ2v) is 6.79. The number of likely N-dealkylation sites (N-methyl/N-ethyl adjacent to an activating group) is 1. The van der Waals surface area contributed by atoms with E-state index in [1.807, 2.05) is 0 Å². The first kappa shape index (κ1) is 21.2. The van der Waals surface area contributed by atoms with E-state index in [0.29, 0.717) is 12.8 Å². The Hall–Kier alpha value is -3.15. The van der Waals surface area contributed by atoms with Crippen molar-refractivity contribution >= 4 is 17.6 Å². The maximum Gasteiger partial charge on any atom is 0.342 e. The van der Waals surface area contributed by atoms with E-state index >= 15 is 0 Å². The lowest BCUT2D eigenvalue weighted by Crippen LogP contribution is -2.53. The van der Waals surface area contributed by atoms with Crippen LogP contribution < -0.4 is 4.74 Å². The van der Waals surface area contributed by atoms with Crippen LogP contribution in [0, 0.1) is 21.4 Å². The number of esters is 1. The summed E-state index contributed by atoms with van der Waals surface area (Å²) in [6.45, 7) is 1.41. The topological polar surface area (TPSA) is 123 Å². The molecule has 9 nitrogen and oxygen atoms in total. The third-order valence-electron chi connectivity index (χ3n) is 5.11. The van der Waals surface area contributed by atoms with Crippen LogP contribution in [0.25, 0.3) is 0 Å². The Kier molecular flexibility index (Phi) is 6.57. The van der Waals surface area contributed by atoms with E-state index in [9.17, 15) is 25.0 Å². The van der Waals surface area contributed by atoms with E-state index < -0.39 is 28.4 Å². The standard InChI is InChI=1S/C19H23N3O6/c1-13(17(23)21(2)19(12-20)9-5-4-6-10-19)28-18(24)15-11-14(22(25)26)7-8-16(15)27-3/h7-8,11,13H,4-6,9-10H2,1-3H3/t13-/m1/s1. The third-order valence-corrected chi connectivity index (χ3v) is 5.11. The number of benzene rings is 1. The van der Waals surface area contributed by atoms with E-state index in [1.165, 1.54) is 38.1 Å². The molecule has 0 aromatic heterocycles. The van der Waals surface area contributed by atoms with Gasteiger partial charge in [-0.05, 0) is 25.8 Å². The van der Waals surface area contributed by atoms with Crippen LogP contribution in [0.1, 0.15) is 49.4 Å². The number of non-ortho nitro benzene ring substituents is 1. The van der Waals surface area contributed by atoms with Gasteiger partial charge in [0.1, 0.15) is 16.9 Å². The maximum atomic E-state index is 12.8. The smallest absolute Gasteiger partial charge is 0.342 e. The first-order chi connectivity index (χ1) is 13.3. The summed E-state index contributed by atoms with van der Waals surface area (Å²) in [6, 6.07) is 5.79. The molecule has 2 rings (SSSR count). The van der Waals surface area contributed by atoms with Crippen LogP contribution in [-0.2, 0) is 9.53 Å². The molecule has 1 amide bonds. The lowest BCUT2D eigenvalue weighted by molar-refractivity contribution is -0.384. The highest BCUT2D eigenvalue weighted by Gasteiger charge is 2.41. The van der Waals surface area contributed by atoms with Crippen molar-refractivity contribution in [1.29, 1.82) is 5.26 Å². The quantitative estimate of drug-likeness (QED) is 0.416. The van der Waals surface area contributed by atoms with Crippen LogP contribution in [0.15, 0.2) is 18.2 Å². The Bertz CT molecular complexity index is 810. The number of rotatable bonds is 6. The minimum absolute atomic E-state index is 0.101. The predicted octanol–water partition coefficient (Wildman–Crippen LogP) is 2.83. The average molecular weight is 389 g/mol. The minimum atomic E-state index is -1.16. The van der Waals surface area contributed by atoms with Crippen molar-refractivity contribution in [3.05, 3.63) is 33.9 Å². The molecule has 0 saturated heterocycles. The van der Waals surface area contributed by atoms with Crippen molar-refractivity contribution in [2.45, 2.75) is 50.7 Å². The fourth-order valence-electron chi connectivity index (χ4n) is 3.39. The van der Waals surface area contributed by atoms with E-state index in [0.717, 1.165) is 25.3 Å². The molecule has 1 aliphatic rings. The molecule has 9 heteroatoms. The molecule has 0 spiro atoms. The molecule has 1 fully saturated rings. The number of nitro benzene ring substituents is 1. The largest absolute Gasteiger partial charge is 0.496 e. The third kappa shape index (κ3) is 4.22. The highest BCUT2D eigenvalue weighted by Crippen LogP contribution is 2.33. The summed E-state index contributed by atoms with van der Waals surface area (Å²) in [7, 11) is 2.86. The molecule has 1 atom stereocenters. The van der Waals surface area contributed by atoms with E-state index in [1.54, 1.807) is 0 Å². The Morgan fingerprint density at radius 3 is 2.50 bits per heavy atom. The van der Waals surface area contributed by atoms with Crippen LogP contribution in [0.5, 0.6) is 5.75 Å². The Morgan fingerprint density at radius 1 is 1.32 bits per heavy atom. The zero-order chi connectivity index (χ0) is 20.9. The van der Waals surface area contributed by atoms with Crippen molar-refractivity contribution in [3.8, 4) is 11.8 Å². The van der Waals surface area contributed by atoms with Gasteiger partial charge < -0.3 is 14.4 Å². The average Bonchev–Trinajstić information content (AvgIpc) is 2.72. The summed E-state index contributed by atoms with van der Waals surface area (Å²) in [6.07, 6.45) is 2.71. The molecule has 150 valence electrons. The fourth-order valence-corrected chi connectivity index (χ4v) is 3.39. The van der Waals surface area contributed by atoms with Gasteiger partial charge in [-0.3, -0.25) is 14.9 Å². The van der Waals surface area contributed by atoms with Gasteiger partial charge >= 0.3 is 5.97 Å². The molecule has 0 bridgehead atoms. The van der Waals surface area contributed by atoms with Crippen molar-refractivity contribution < 1.29 is 24.0 Å². The van der Waals surface area contributed by atoms with Crippen LogP contribution in [0.2, 0.25) is 0 Å². The number of amides is 1. The number of nitriles is 1. The van der Waals surface area contributed by atoms with Crippen LogP contribution in [0.3, 0.4) is 0 Å². The summed E-state index contributed by atoms with van der Waals surface area (Å²) in [4.78, 5) is 36.9. The maximum absolute atomic E-state index is 12.8. The molecule has 1 aromatic rings. The van der Waals surface area contributed by atoms with Crippen molar-refractivity contribution in [3.63, 3.8) is 0 Å². The molecular formula is C19H23N3O6. The number of hydrogen-bond donors (Lipinski definition) is 0. The molecule has 28 heavy (non-hydrogen) atoms. The number of methoxy groups -OCH3 is 1. The van der Waals surface area contributed by atoms with Gasteiger partial charge in [0.05, 0.1) is 18.1 Å². The SMILES string of the molecule is COc1ccc([N+](=O)[O-])cc1C(=O)O[C@H](C)C(=O)N(C)C1(C#N)CCCCC1. The molecule has 0 N–H and O–H groups in total. The van der Waals surface area contributed by atoms with E-state index in [4.69, 9.17) is 9.47 Å².